The highest BCUT2D eigenvalue weighted by atomic mass is 32.1. The van der Waals surface area contributed by atoms with Crippen LogP contribution in [0.1, 0.15) is 63.8 Å². The van der Waals surface area contributed by atoms with Crippen molar-refractivity contribution in [3.63, 3.8) is 0 Å². The average Bonchev–Trinajstić information content (AvgIpc) is 3.78. The summed E-state index contributed by atoms with van der Waals surface area (Å²) in [6.45, 7) is 0.646. The van der Waals surface area contributed by atoms with Crippen LogP contribution in [0.15, 0.2) is 12.4 Å². The Morgan fingerprint density at radius 1 is 1.21 bits per heavy atom. The van der Waals surface area contributed by atoms with Crippen LogP contribution in [0.4, 0.5) is 24.9 Å². The number of aromatic nitrogens is 5. The van der Waals surface area contributed by atoms with Crippen molar-refractivity contribution in [2.24, 2.45) is 18.9 Å². The molecule has 6 rings (SSSR count). The Morgan fingerprint density at radius 2 is 2.00 bits per heavy atom. The quantitative estimate of drug-likeness (QED) is 0.382. The van der Waals surface area contributed by atoms with Crippen LogP contribution in [0, 0.1) is 11.8 Å². The summed E-state index contributed by atoms with van der Waals surface area (Å²) in [6, 6.07) is 1.04. The van der Waals surface area contributed by atoms with Crippen LogP contribution >= 0.6 is 11.3 Å². The standard InChI is InChI=1S/C25H28F3N7O3S/c1-34-20(10-21(33-34)38-25(26,27)28)31-24-32-30-12-35(24)15-6-7-18-16(8-15)22(23(37)29-11-13-2-3-13)19(39-18)9-17(36)14-4-5-14/h10,12-15H,2-9,11H2,1H3,(H,29,37)(H,31,32)/t15-/m0/s1. The van der Waals surface area contributed by atoms with Gasteiger partial charge in [-0.25, -0.2) is 4.68 Å². The highest BCUT2D eigenvalue weighted by Crippen LogP contribution is 2.41. The van der Waals surface area contributed by atoms with Gasteiger partial charge in [-0.2, -0.15) is 0 Å². The summed E-state index contributed by atoms with van der Waals surface area (Å²) >= 11 is 1.57. The minimum Gasteiger partial charge on any atom is -0.386 e. The van der Waals surface area contributed by atoms with E-state index in [1.165, 1.54) is 11.7 Å². The smallest absolute Gasteiger partial charge is 0.386 e. The molecule has 39 heavy (non-hydrogen) atoms. The van der Waals surface area contributed by atoms with Crippen molar-refractivity contribution in [2.75, 3.05) is 11.9 Å². The van der Waals surface area contributed by atoms with Crippen LogP contribution in [0.5, 0.6) is 5.88 Å². The van der Waals surface area contributed by atoms with Gasteiger partial charge >= 0.3 is 6.36 Å². The number of rotatable bonds is 10. The number of anilines is 2. The number of hydrogen-bond acceptors (Lipinski definition) is 8. The second kappa shape index (κ2) is 9.96. The van der Waals surface area contributed by atoms with Gasteiger partial charge in [-0.1, -0.05) is 0 Å². The maximum absolute atomic E-state index is 13.4. The molecule has 0 radical (unpaired) electrons. The first kappa shape index (κ1) is 25.8. The van der Waals surface area contributed by atoms with Gasteiger partial charge in [0.1, 0.15) is 17.9 Å². The number of halogens is 3. The fourth-order valence-corrected chi connectivity index (χ4v) is 6.40. The number of carbonyl (C=O) groups excluding carboxylic acids is 2. The molecular formula is C25H28F3N7O3S. The van der Waals surface area contributed by atoms with Crippen LogP contribution < -0.4 is 15.4 Å². The maximum Gasteiger partial charge on any atom is 0.574 e. The molecule has 10 nitrogen and oxygen atoms in total. The van der Waals surface area contributed by atoms with Crippen molar-refractivity contribution in [1.82, 2.24) is 29.9 Å². The second-order valence-corrected chi connectivity index (χ2v) is 11.7. The highest BCUT2D eigenvalue weighted by molar-refractivity contribution is 7.12. The Balaban J connectivity index is 1.24. The average molecular weight is 564 g/mol. The minimum absolute atomic E-state index is 0.0920. The number of aryl methyl sites for hydroxylation is 2. The molecule has 3 heterocycles. The number of fused-ring (bicyclic) bond motifs is 1. The molecule has 0 bridgehead atoms. The summed E-state index contributed by atoms with van der Waals surface area (Å²) in [6.07, 6.45) is 3.16. The van der Waals surface area contributed by atoms with Gasteiger partial charge in [0.2, 0.25) is 11.8 Å². The molecule has 3 aliphatic carbocycles. The van der Waals surface area contributed by atoms with Gasteiger partial charge < -0.3 is 15.4 Å². The number of ketones is 1. The lowest BCUT2D eigenvalue weighted by Gasteiger charge is -2.25. The van der Waals surface area contributed by atoms with E-state index < -0.39 is 12.2 Å². The number of alkyl halides is 3. The predicted molar refractivity (Wildman–Crippen MR) is 135 cm³/mol. The first-order valence-corrected chi connectivity index (χ1v) is 13.9. The summed E-state index contributed by atoms with van der Waals surface area (Å²) in [5.41, 5.74) is 1.60. The Kier molecular flexibility index (Phi) is 6.60. The zero-order chi connectivity index (χ0) is 27.3. The normalized spacial score (nSPS) is 19.0. The van der Waals surface area contributed by atoms with Crippen LogP contribution in [0.25, 0.3) is 0 Å². The maximum atomic E-state index is 13.4. The largest absolute Gasteiger partial charge is 0.574 e. The summed E-state index contributed by atoms with van der Waals surface area (Å²) < 4.78 is 44.8. The number of amides is 1. The van der Waals surface area contributed by atoms with Crippen molar-refractivity contribution in [3.05, 3.63) is 33.3 Å². The van der Waals surface area contributed by atoms with E-state index in [-0.39, 0.29) is 29.5 Å². The molecule has 14 heteroatoms. The summed E-state index contributed by atoms with van der Waals surface area (Å²) in [5, 5.41) is 18.0. The molecule has 208 valence electrons. The number of nitrogens with one attached hydrogen (secondary N) is 2. The molecular weight excluding hydrogens is 535 g/mol. The molecule has 0 aliphatic heterocycles. The number of ether oxygens (including phenoxy) is 1. The van der Waals surface area contributed by atoms with Gasteiger partial charge in [0.05, 0.1) is 5.56 Å². The lowest BCUT2D eigenvalue weighted by Crippen LogP contribution is -2.28. The molecule has 3 aliphatic rings. The van der Waals surface area contributed by atoms with Gasteiger partial charge in [0.25, 0.3) is 5.91 Å². The van der Waals surface area contributed by atoms with Crippen molar-refractivity contribution < 1.29 is 27.5 Å². The SMILES string of the molecule is Cn1nc(OC(F)(F)F)cc1Nc1nncn1[C@H]1CCc2sc(CC(=O)C3CC3)c(C(=O)NCC3CC3)c2C1. The number of thiophene rings is 1. The van der Waals surface area contributed by atoms with E-state index in [0.717, 1.165) is 59.9 Å². The van der Waals surface area contributed by atoms with Gasteiger partial charge in [0.15, 0.2) is 0 Å². The van der Waals surface area contributed by atoms with Gasteiger partial charge in [-0.05, 0) is 56.4 Å². The summed E-state index contributed by atoms with van der Waals surface area (Å²) in [4.78, 5) is 28.0. The number of Topliss-reactive ketones (excluding diaryl/α,β-unsaturated/α-hetero) is 1. The Hall–Kier alpha value is -3.42. The van der Waals surface area contributed by atoms with Crippen molar-refractivity contribution in [1.29, 1.82) is 0 Å². The van der Waals surface area contributed by atoms with Gasteiger partial charge in [-0.15, -0.1) is 39.8 Å². The van der Waals surface area contributed by atoms with Crippen LogP contribution in [0.2, 0.25) is 0 Å². The topological polar surface area (TPSA) is 116 Å². The van der Waals surface area contributed by atoms with E-state index >= 15 is 0 Å². The fourth-order valence-electron chi connectivity index (χ4n) is 5.04. The van der Waals surface area contributed by atoms with E-state index in [2.05, 4.69) is 30.7 Å². The highest BCUT2D eigenvalue weighted by Gasteiger charge is 2.35. The van der Waals surface area contributed by atoms with E-state index in [1.807, 2.05) is 4.57 Å². The van der Waals surface area contributed by atoms with E-state index in [1.54, 1.807) is 17.7 Å². The molecule has 3 aromatic rings. The van der Waals surface area contributed by atoms with Crippen LogP contribution in [-0.4, -0.2) is 49.1 Å². The summed E-state index contributed by atoms with van der Waals surface area (Å²) in [7, 11) is 1.49. The molecule has 2 fully saturated rings. The van der Waals surface area contributed by atoms with E-state index in [0.29, 0.717) is 36.8 Å². The molecule has 2 saturated carbocycles. The zero-order valence-corrected chi connectivity index (χ0v) is 22.1. The minimum atomic E-state index is -4.85. The molecule has 0 spiro atoms. The predicted octanol–water partition coefficient (Wildman–Crippen LogP) is 4.11. The first-order valence-electron chi connectivity index (χ1n) is 13.0. The molecule has 2 N–H and O–H groups in total. The van der Waals surface area contributed by atoms with Crippen molar-refractivity contribution >= 4 is 34.8 Å². The Morgan fingerprint density at radius 3 is 2.72 bits per heavy atom. The van der Waals surface area contributed by atoms with E-state index in [9.17, 15) is 22.8 Å². The number of nitrogens with zero attached hydrogens (tertiary/aromatic N) is 5. The van der Waals surface area contributed by atoms with Gasteiger partial charge in [0, 0.05) is 47.8 Å². The number of carbonyl (C=O) groups is 2. The zero-order valence-electron chi connectivity index (χ0n) is 21.3. The molecule has 1 atom stereocenters. The lowest BCUT2D eigenvalue weighted by molar-refractivity contribution is -0.276. The lowest BCUT2D eigenvalue weighted by atomic mass is 9.90. The third kappa shape index (κ3) is 5.80. The second-order valence-electron chi connectivity index (χ2n) is 10.5. The van der Waals surface area contributed by atoms with Crippen molar-refractivity contribution in [2.45, 2.75) is 63.8 Å². The first-order chi connectivity index (χ1) is 18.6. The third-order valence-corrected chi connectivity index (χ3v) is 8.73. The van der Waals surface area contributed by atoms with Crippen LogP contribution in [-0.2, 0) is 31.1 Å². The molecule has 3 aromatic heterocycles. The molecule has 1 amide bonds. The molecule has 0 aromatic carbocycles. The monoisotopic (exact) mass is 563 g/mol. The van der Waals surface area contributed by atoms with E-state index in [4.69, 9.17) is 0 Å². The van der Waals surface area contributed by atoms with Crippen LogP contribution in [0.3, 0.4) is 0 Å². The fraction of sp³-hybridized carbons (Fsp3) is 0.560. The molecule has 0 unspecified atom stereocenters. The third-order valence-electron chi connectivity index (χ3n) is 7.43. The Bertz CT molecular complexity index is 1400. The van der Waals surface area contributed by atoms with Gasteiger partial charge in [-0.3, -0.25) is 14.2 Å². The summed E-state index contributed by atoms with van der Waals surface area (Å²) in [5.74, 6) is 0.742. The Labute approximate surface area is 225 Å². The number of hydrogen-bond donors (Lipinski definition) is 2. The van der Waals surface area contributed by atoms with Crippen molar-refractivity contribution in [3.8, 4) is 5.88 Å². The molecule has 0 saturated heterocycles.